The molecule has 0 aromatic rings. The molecule has 60 valence electrons. The molecule has 0 heterocycles. The highest BCUT2D eigenvalue weighted by atomic mass is 16.3. The number of rotatable bonds is 0. The molecule has 2 N–H and O–H groups in total. The van der Waals surface area contributed by atoms with Gasteiger partial charge in [0.15, 0.2) is 0 Å². The molecule has 0 saturated heterocycles. The zero-order valence-electron chi connectivity index (χ0n) is 6.62. The van der Waals surface area contributed by atoms with Gasteiger partial charge < -0.3 is 10.2 Å². The molecular formula is C8H16O2. The Morgan fingerprint density at radius 2 is 1.20 bits per heavy atom. The van der Waals surface area contributed by atoms with Crippen LogP contribution in [0.3, 0.4) is 0 Å². The topological polar surface area (TPSA) is 40.5 Å². The molecule has 4 unspecified atom stereocenters. The summed E-state index contributed by atoms with van der Waals surface area (Å²) in [6.07, 6.45) is 1.12. The Morgan fingerprint density at radius 1 is 0.900 bits per heavy atom. The first-order chi connectivity index (χ1) is 4.63. The van der Waals surface area contributed by atoms with E-state index in [2.05, 4.69) is 0 Å². The summed E-state index contributed by atoms with van der Waals surface area (Å²) < 4.78 is 0. The Kier molecular flexibility index (Phi) is 2.32. The monoisotopic (exact) mass is 144 g/mol. The molecule has 2 nitrogen and oxygen atoms in total. The van der Waals surface area contributed by atoms with Gasteiger partial charge in [-0.1, -0.05) is 13.8 Å². The average molecular weight is 144 g/mol. The van der Waals surface area contributed by atoms with Gasteiger partial charge in [0.1, 0.15) is 0 Å². The highest BCUT2D eigenvalue weighted by Gasteiger charge is 2.31. The van der Waals surface area contributed by atoms with Crippen LogP contribution in [0.25, 0.3) is 0 Å². The summed E-state index contributed by atoms with van der Waals surface area (Å²) in [5.74, 6) is 0.507. The van der Waals surface area contributed by atoms with Crippen molar-refractivity contribution in [2.45, 2.75) is 38.9 Å². The van der Waals surface area contributed by atoms with Crippen molar-refractivity contribution in [1.29, 1.82) is 0 Å². The van der Waals surface area contributed by atoms with E-state index in [-0.39, 0.29) is 24.0 Å². The van der Waals surface area contributed by atoms with Crippen molar-refractivity contribution in [3.63, 3.8) is 0 Å². The Labute approximate surface area is 61.9 Å². The van der Waals surface area contributed by atoms with Crippen LogP contribution in [0.4, 0.5) is 0 Å². The van der Waals surface area contributed by atoms with Crippen molar-refractivity contribution >= 4 is 0 Å². The second-order valence-electron chi connectivity index (χ2n) is 3.43. The van der Waals surface area contributed by atoms with Gasteiger partial charge in [0.2, 0.25) is 0 Å². The van der Waals surface area contributed by atoms with Crippen LogP contribution in [0.2, 0.25) is 0 Å². The van der Waals surface area contributed by atoms with Crippen molar-refractivity contribution in [3.05, 3.63) is 0 Å². The number of aliphatic hydroxyl groups excluding tert-OH is 2. The molecule has 4 atom stereocenters. The molecule has 0 spiro atoms. The first-order valence-corrected chi connectivity index (χ1v) is 3.99. The van der Waals surface area contributed by atoms with Gasteiger partial charge in [-0.05, 0) is 24.7 Å². The van der Waals surface area contributed by atoms with Gasteiger partial charge in [-0.25, -0.2) is 0 Å². The first kappa shape index (κ1) is 8.02. The molecule has 0 aliphatic heterocycles. The van der Waals surface area contributed by atoms with Gasteiger partial charge in [-0.3, -0.25) is 0 Å². The summed E-state index contributed by atoms with van der Waals surface area (Å²) in [7, 11) is 0. The normalized spacial score (nSPS) is 49.2. The van der Waals surface area contributed by atoms with Crippen molar-refractivity contribution in [3.8, 4) is 0 Å². The number of aliphatic hydroxyl groups is 2. The average Bonchev–Trinajstić information content (AvgIpc) is 1.93. The second-order valence-corrected chi connectivity index (χ2v) is 3.43. The largest absolute Gasteiger partial charge is 0.393 e. The Balaban J connectivity index is 2.52. The highest BCUT2D eigenvalue weighted by Crippen LogP contribution is 2.29. The molecule has 1 aliphatic rings. The van der Waals surface area contributed by atoms with Crippen molar-refractivity contribution in [1.82, 2.24) is 0 Å². The molecule has 0 amide bonds. The molecule has 0 aromatic carbocycles. The highest BCUT2D eigenvalue weighted by molar-refractivity contribution is 4.81. The lowest BCUT2D eigenvalue weighted by Gasteiger charge is -2.34. The third-order valence-corrected chi connectivity index (χ3v) is 2.80. The molecule has 0 aromatic heterocycles. The van der Waals surface area contributed by atoms with E-state index in [0.717, 1.165) is 12.8 Å². The SMILES string of the molecule is CC1C(O)CCC(O)C1C. The van der Waals surface area contributed by atoms with Gasteiger partial charge >= 0.3 is 0 Å². The van der Waals surface area contributed by atoms with E-state index in [0.29, 0.717) is 0 Å². The molecule has 2 heteroatoms. The van der Waals surface area contributed by atoms with Crippen LogP contribution < -0.4 is 0 Å². The summed E-state index contributed by atoms with van der Waals surface area (Å²) in [5, 5.41) is 18.7. The smallest absolute Gasteiger partial charge is 0.0570 e. The maximum absolute atomic E-state index is 9.35. The minimum Gasteiger partial charge on any atom is -0.393 e. The summed E-state index contributed by atoms with van der Waals surface area (Å²) in [6, 6.07) is 0. The van der Waals surface area contributed by atoms with Gasteiger partial charge in [-0.15, -0.1) is 0 Å². The van der Waals surface area contributed by atoms with Crippen LogP contribution in [-0.4, -0.2) is 22.4 Å². The molecule has 1 rings (SSSR count). The maximum atomic E-state index is 9.35. The third-order valence-electron chi connectivity index (χ3n) is 2.80. The van der Waals surface area contributed by atoms with Crippen LogP contribution in [0.1, 0.15) is 26.7 Å². The van der Waals surface area contributed by atoms with Crippen molar-refractivity contribution in [2.24, 2.45) is 11.8 Å². The lowest BCUT2D eigenvalue weighted by atomic mass is 9.78. The van der Waals surface area contributed by atoms with Gasteiger partial charge in [-0.2, -0.15) is 0 Å². The van der Waals surface area contributed by atoms with Gasteiger partial charge in [0.05, 0.1) is 12.2 Å². The summed E-state index contributed by atoms with van der Waals surface area (Å²) in [4.78, 5) is 0. The first-order valence-electron chi connectivity index (χ1n) is 3.99. The molecule has 0 bridgehead atoms. The molecule has 10 heavy (non-hydrogen) atoms. The fourth-order valence-corrected chi connectivity index (χ4v) is 1.57. The third kappa shape index (κ3) is 1.32. The molecule has 1 aliphatic carbocycles. The fraction of sp³-hybridized carbons (Fsp3) is 1.00. The van der Waals surface area contributed by atoms with E-state index in [9.17, 15) is 10.2 Å². The predicted molar refractivity (Wildman–Crippen MR) is 39.6 cm³/mol. The Morgan fingerprint density at radius 3 is 1.50 bits per heavy atom. The van der Waals surface area contributed by atoms with Crippen LogP contribution in [-0.2, 0) is 0 Å². The Bertz CT molecular complexity index is 99.8. The number of hydrogen-bond acceptors (Lipinski definition) is 2. The maximum Gasteiger partial charge on any atom is 0.0570 e. The second kappa shape index (κ2) is 2.89. The summed E-state index contributed by atoms with van der Waals surface area (Å²) >= 11 is 0. The zero-order valence-corrected chi connectivity index (χ0v) is 6.62. The lowest BCUT2D eigenvalue weighted by molar-refractivity contribution is -0.0287. The molecule has 1 fully saturated rings. The Hall–Kier alpha value is -0.0800. The fourth-order valence-electron chi connectivity index (χ4n) is 1.57. The van der Waals surface area contributed by atoms with Crippen LogP contribution in [0.5, 0.6) is 0 Å². The van der Waals surface area contributed by atoms with E-state index in [1.807, 2.05) is 13.8 Å². The van der Waals surface area contributed by atoms with Crippen LogP contribution >= 0.6 is 0 Å². The number of hydrogen-bond donors (Lipinski definition) is 2. The van der Waals surface area contributed by atoms with Crippen molar-refractivity contribution < 1.29 is 10.2 Å². The van der Waals surface area contributed by atoms with E-state index in [1.54, 1.807) is 0 Å². The molecular weight excluding hydrogens is 128 g/mol. The van der Waals surface area contributed by atoms with E-state index in [4.69, 9.17) is 0 Å². The molecule has 1 saturated carbocycles. The van der Waals surface area contributed by atoms with Gasteiger partial charge in [0.25, 0.3) is 0 Å². The van der Waals surface area contributed by atoms with Crippen molar-refractivity contribution in [2.75, 3.05) is 0 Å². The van der Waals surface area contributed by atoms with Crippen LogP contribution in [0, 0.1) is 11.8 Å². The zero-order chi connectivity index (χ0) is 7.72. The minimum absolute atomic E-state index is 0.196. The summed E-state index contributed by atoms with van der Waals surface area (Å²) in [6.45, 7) is 4.00. The van der Waals surface area contributed by atoms with Crippen LogP contribution in [0.15, 0.2) is 0 Å². The minimum atomic E-state index is -0.196. The van der Waals surface area contributed by atoms with E-state index >= 15 is 0 Å². The van der Waals surface area contributed by atoms with E-state index < -0.39 is 0 Å². The molecule has 0 radical (unpaired) electrons. The van der Waals surface area contributed by atoms with Gasteiger partial charge in [0, 0.05) is 0 Å². The van der Waals surface area contributed by atoms with E-state index in [1.165, 1.54) is 0 Å². The summed E-state index contributed by atoms with van der Waals surface area (Å²) in [5.41, 5.74) is 0. The predicted octanol–water partition coefficient (Wildman–Crippen LogP) is 0.774. The standard InChI is InChI=1S/C8H16O2/c1-5-6(2)8(10)4-3-7(5)9/h5-10H,3-4H2,1-2H3. The lowest BCUT2D eigenvalue weighted by Crippen LogP contribution is -2.37. The quantitative estimate of drug-likeness (QED) is 0.527.